The Morgan fingerprint density at radius 1 is 0.429 bits per heavy atom. The van der Waals surface area contributed by atoms with Gasteiger partial charge in [0.05, 0.1) is 112 Å². The molecule has 0 fully saturated rings. The number of hydrogen-bond acceptors (Lipinski definition) is 11. The molecule has 0 spiro atoms. The summed E-state index contributed by atoms with van der Waals surface area (Å²) in [6.07, 6.45) is 7.45. The Morgan fingerprint density at radius 3 is 1.10 bits per heavy atom. The summed E-state index contributed by atoms with van der Waals surface area (Å²) in [5, 5.41) is 0. The Labute approximate surface area is 256 Å². The van der Waals surface area contributed by atoms with Crippen molar-refractivity contribution in [2.24, 2.45) is 0 Å². The highest BCUT2D eigenvalue weighted by Crippen LogP contribution is 2.07. The zero-order chi connectivity index (χ0) is 30.8. The summed E-state index contributed by atoms with van der Waals surface area (Å²) >= 11 is 0. The van der Waals surface area contributed by atoms with Gasteiger partial charge in [0.25, 0.3) is 0 Å². The van der Waals surface area contributed by atoms with E-state index in [9.17, 15) is 4.79 Å². The van der Waals surface area contributed by atoms with Crippen molar-refractivity contribution in [3.8, 4) is 0 Å². The molecule has 0 saturated carbocycles. The highest BCUT2D eigenvalue weighted by Gasteiger charge is 2.13. The highest BCUT2D eigenvalue weighted by molar-refractivity contribution is 6.69. The Bertz CT molecular complexity index is 550. The monoisotopic (exact) mass is 626 g/mol. The molecule has 0 rings (SSSR count). The van der Waals surface area contributed by atoms with E-state index in [-0.39, 0.29) is 5.97 Å². The van der Waals surface area contributed by atoms with Crippen LogP contribution in [0.15, 0.2) is 0 Å². The van der Waals surface area contributed by atoms with E-state index < -0.39 is 8.32 Å². The maximum Gasteiger partial charge on any atom is 0.305 e. The Morgan fingerprint density at radius 2 is 0.738 bits per heavy atom. The number of ether oxygens (including phenoxy) is 9. The van der Waals surface area contributed by atoms with Crippen LogP contribution in [0.3, 0.4) is 0 Å². The Hall–Kier alpha value is -0.673. The molecule has 0 heterocycles. The summed E-state index contributed by atoms with van der Waals surface area (Å²) < 4.78 is 54.6. The summed E-state index contributed by atoms with van der Waals surface area (Å²) in [5.41, 5.74) is 0. The van der Waals surface area contributed by atoms with Gasteiger partial charge in [-0.1, -0.05) is 39.0 Å². The first-order valence-electron chi connectivity index (χ1n) is 15.9. The molecule has 0 unspecified atom stereocenters. The third-order valence-corrected chi connectivity index (χ3v) is 6.66. The number of esters is 1. The van der Waals surface area contributed by atoms with Crippen LogP contribution in [0.2, 0.25) is 19.6 Å². The maximum absolute atomic E-state index is 11.6. The van der Waals surface area contributed by atoms with Crippen LogP contribution in [-0.2, 0) is 51.9 Å². The molecule has 0 aliphatic carbocycles. The van der Waals surface area contributed by atoms with Gasteiger partial charge < -0.3 is 47.1 Å². The minimum atomic E-state index is -1.45. The van der Waals surface area contributed by atoms with Crippen molar-refractivity contribution >= 4 is 14.3 Å². The second kappa shape index (κ2) is 33.2. The van der Waals surface area contributed by atoms with E-state index >= 15 is 0 Å². The SMILES string of the molecule is CCCCCCCCC(=O)OCCOCCOCCOCCOCCOCCOCCOCCOCCO[Si](C)(C)C. The lowest BCUT2D eigenvalue weighted by molar-refractivity contribution is -0.145. The lowest BCUT2D eigenvalue weighted by Crippen LogP contribution is -2.27. The minimum Gasteiger partial charge on any atom is -0.463 e. The molecule has 11 nitrogen and oxygen atoms in total. The van der Waals surface area contributed by atoms with Crippen molar-refractivity contribution in [2.75, 3.05) is 119 Å². The molecule has 0 aliphatic heterocycles. The summed E-state index contributed by atoms with van der Waals surface area (Å²) in [6.45, 7) is 17.8. The van der Waals surface area contributed by atoms with Crippen molar-refractivity contribution < 1.29 is 51.9 Å². The van der Waals surface area contributed by atoms with Gasteiger partial charge in [0.1, 0.15) is 6.61 Å². The summed E-state index contributed by atoms with van der Waals surface area (Å²) in [5.74, 6) is -0.140. The van der Waals surface area contributed by atoms with Crippen LogP contribution in [0, 0.1) is 0 Å². The van der Waals surface area contributed by atoms with Gasteiger partial charge in [-0.15, -0.1) is 0 Å². The molecular weight excluding hydrogens is 564 g/mol. The van der Waals surface area contributed by atoms with Crippen molar-refractivity contribution in [1.29, 1.82) is 0 Å². The third kappa shape index (κ3) is 37.4. The number of carbonyl (C=O) groups is 1. The van der Waals surface area contributed by atoms with Gasteiger partial charge in [-0.25, -0.2) is 0 Å². The standard InChI is InChI=1S/C30H62O11Si/c1-5-6-7-8-9-10-11-30(31)40-28-26-38-24-22-36-20-18-34-16-14-32-12-13-33-15-17-35-19-21-37-23-25-39-27-29-41-42(2,3)4/h5-29H2,1-4H3. The number of unbranched alkanes of at least 4 members (excludes halogenated alkanes) is 5. The molecule has 0 bridgehead atoms. The average molecular weight is 627 g/mol. The van der Waals surface area contributed by atoms with Crippen LogP contribution >= 0.6 is 0 Å². The second-order valence-electron chi connectivity index (χ2n) is 10.6. The van der Waals surface area contributed by atoms with Crippen LogP contribution in [0.1, 0.15) is 51.9 Å². The van der Waals surface area contributed by atoms with Crippen LogP contribution in [-0.4, -0.2) is 133 Å². The fourth-order valence-electron chi connectivity index (χ4n) is 3.38. The molecular formula is C30H62O11Si. The van der Waals surface area contributed by atoms with Gasteiger partial charge in [-0.05, 0) is 26.1 Å². The first kappa shape index (κ1) is 41.3. The maximum atomic E-state index is 11.6. The quantitative estimate of drug-likeness (QED) is 0.0572. The number of hydrogen-bond donors (Lipinski definition) is 0. The zero-order valence-electron chi connectivity index (χ0n) is 27.2. The topological polar surface area (TPSA) is 109 Å². The predicted octanol–water partition coefficient (Wildman–Crippen LogP) is 4.26. The van der Waals surface area contributed by atoms with Crippen molar-refractivity contribution in [3.63, 3.8) is 0 Å². The summed E-state index contributed by atoms with van der Waals surface area (Å²) in [6, 6.07) is 0. The average Bonchev–Trinajstić information content (AvgIpc) is 2.95. The van der Waals surface area contributed by atoms with Crippen molar-refractivity contribution in [2.45, 2.75) is 71.5 Å². The zero-order valence-corrected chi connectivity index (χ0v) is 28.2. The summed E-state index contributed by atoms with van der Waals surface area (Å²) in [4.78, 5) is 11.6. The minimum absolute atomic E-state index is 0.140. The fourth-order valence-corrected chi connectivity index (χ4v) is 4.08. The lowest BCUT2D eigenvalue weighted by atomic mass is 10.1. The second-order valence-corrected chi connectivity index (χ2v) is 15.1. The largest absolute Gasteiger partial charge is 0.463 e. The van der Waals surface area contributed by atoms with Gasteiger partial charge in [0, 0.05) is 6.42 Å². The fraction of sp³-hybridized carbons (Fsp3) is 0.967. The van der Waals surface area contributed by atoms with E-state index in [1.165, 1.54) is 25.7 Å². The van der Waals surface area contributed by atoms with Gasteiger partial charge >= 0.3 is 5.97 Å². The Balaban J connectivity index is 3.11. The molecule has 252 valence electrons. The van der Waals surface area contributed by atoms with Crippen LogP contribution in [0.25, 0.3) is 0 Å². The van der Waals surface area contributed by atoms with E-state index in [1.54, 1.807) is 0 Å². The van der Waals surface area contributed by atoms with Gasteiger partial charge in [-0.2, -0.15) is 0 Å². The van der Waals surface area contributed by atoms with Crippen LogP contribution < -0.4 is 0 Å². The smallest absolute Gasteiger partial charge is 0.305 e. The van der Waals surface area contributed by atoms with Crippen molar-refractivity contribution in [1.82, 2.24) is 0 Å². The first-order valence-corrected chi connectivity index (χ1v) is 19.3. The number of rotatable bonds is 35. The van der Waals surface area contributed by atoms with E-state index in [2.05, 4.69) is 26.6 Å². The molecule has 42 heavy (non-hydrogen) atoms. The number of carbonyl (C=O) groups excluding carboxylic acids is 1. The van der Waals surface area contributed by atoms with Gasteiger partial charge in [0.15, 0.2) is 8.32 Å². The normalized spacial score (nSPS) is 11.8. The van der Waals surface area contributed by atoms with Crippen molar-refractivity contribution in [3.05, 3.63) is 0 Å². The molecule has 0 aromatic rings. The molecule has 0 N–H and O–H groups in total. The Kier molecular flexibility index (Phi) is 32.7. The van der Waals surface area contributed by atoms with E-state index in [0.29, 0.717) is 125 Å². The molecule has 0 amide bonds. The molecule has 0 aromatic carbocycles. The molecule has 0 aliphatic rings. The lowest BCUT2D eigenvalue weighted by Gasteiger charge is -2.16. The predicted molar refractivity (Wildman–Crippen MR) is 165 cm³/mol. The van der Waals surface area contributed by atoms with E-state index in [4.69, 9.17) is 47.1 Å². The molecule has 12 heteroatoms. The summed E-state index contributed by atoms with van der Waals surface area (Å²) in [7, 11) is -1.45. The van der Waals surface area contributed by atoms with Crippen LogP contribution in [0.5, 0.6) is 0 Å². The molecule has 0 atom stereocenters. The van der Waals surface area contributed by atoms with E-state index in [0.717, 1.165) is 12.8 Å². The van der Waals surface area contributed by atoms with Crippen LogP contribution in [0.4, 0.5) is 0 Å². The first-order chi connectivity index (χ1) is 20.5. The third-order valence-electron chi connectivity index (χ3n) is 5.59. The highest BCUT2D eigenvalue weighted by atomic mass is 28.4. The van der Waals surface area contributed by atoms with E-state index in [1.807, 2.05) is 0 Å². The molecule has 0 aromatic heterocycles. The molecule has 0 saturated heterocycles. The van der Waals surface area contributed by atoms with Gasteiger partial charge in [-0.3, -0.25) is 4.79 Å². The van der Waals surface area contributed by atoms with Gasteiger partial charge in [0.2, 0.25) is 0 Å². The molecule has 0 radical (unpaired) electrons.